The summed E-state index contributed by atoms with van der Waals surface area (Å²) in [5, 5.41) is 2.72. The smallest absolute Gasteiger partial charge is 0.365 e. The molecular weight excluding hydrogens is 271 g/mol. The Morgan fingerprint density at radius 3 is 2.70 bits per heavy atom. The molecule has 7 heteroatoms. The maximum Gasteiger partial charge on any atom is 0.416 e. The van der Waals surface area contributed by atoms with Crippen LogP contribution in [-0.2, 0) is 12.6 Å². The van der Waals surface area contributed by atoms with Gasteiger partial charge in [-0.3, -0.25) is 4.79 Å². The number of aromatic amines is 1. The minimum atomic E-state index is -4.38. The number of nitrogens with one attached hydrogen (secondary N) is 2. The topological polar surface area (TPSA) is 57.8 Å². The lowest BCUT2D eigenvalue weighted by Gasteiger charge is -2.12. The Labute approximate surface area is 112 Å². The molecule has 0 amide bonds. The van der Waals surface area contributed by atoms with Gasteiger partial charge in [-0.15, -0.1) is 0 Å². The van der Waals surface area contributed by atoms with Gasteiger partial charge in [0.05, 0.1) is 5.56 Å². The Balaban J connectivity index is 2.05. The fraction of sp³-hybridized carbons (Fsp3) is 0.231. The number of rotatable bonds is 4. The third-order valence-electron chi connectivity index (χ3n) is 2.72. The van der Waals surface area contributed by atoms with E-state index in [-0.39, 0.29) is 24.3 Å². The minimum absolute atomic E-state index is 0.0944. The molecule has 0 radical (unpaired) electrons. The maximum absolute atomic E-state index is 12.8. The van der Waals surface area contributed by atoms with Crippen LogP contribution in [0, 0.1) is 0 Å². The van der Waals surface area contributed by atoms with Crippen LogP contribution in [0.4, 0.5) is 19.0 Å². The predicted octanol–water partition coefficient (Wildman–Crippen LogP) is 2.44. The second-order valence-electron chi connectivity index (χ2n) is 4.10. The molecule has 0 fully saturated rings. The first-order valence-electron chi connectivity index (χ1n) is 5.91. The van der Waals surface area contributed by atoms with Crippen molar-refractivity contribution in [3.8, 4) is 0 Å². The van der Waals surface area contributed by atoms with E-state index in [1.807, 2.05) is 0 Å². The summed E-state index contributed by atoms with van der Waals surface area (Å²) in [6.07, 6.45) is -1.45. The van der Waals surface area contributed by atoms with Gasteiger partial charge in [-0.2, -0.15) is 13.2 Å². The average Bonchev–Trinajstić information content (AvgIpc) is 2.40. The Hall–Kier alpha value is -2.31. The zero-order chi connectivity index (χ0) is 14.6. The van der Waals surface area contributed by atoms with Gasteiger partial charge in [-0.05, 0) is 18.1 Å². The first-order valence-corrected chi connectivity index (χ1v) is 5.91. The van der Waals surface area contributed by atoms with Crippen molar-refractivity contribution in [1.82, 2.24) is 9.97 Å². The quantitative estimate of drug-likeness (QED) is 0.906. The highest BCUT2D eigenvalue weighted by Gasteiger charge is 2.32. The molecule has 0 aliphatic carbocycles. The van der Waals surface area contributed by atoms with Crippen LogP contribution in [0.5, 0.6) is 0 Å². The molecule has 20 heavy (non-hydrogen) atoms. The van der Waals surface area contributed by atoms with Crippen molar-refractivity contribution in [1.29, 1.82) is 0 Å². The SMILES string of the molecule is O=c1[nH]ccnc1NCCc1ccccc1C(F)(F)F. The van der Waals surface area contributed by atoms with Crippen LogP contribution in [0.2, 0.25) is 0 Å². The van der Waals surface area contributed by atoms with Crippen molar-refractivity contribution in [3.05, 3.63) is 58.1 Å². The lowest BCUT2D eigenvalue weighted by atomic mass is 10.0. The normalized spacial score (nSPS) is 11.3. The van der Waals surface area contributed by atoms with Crippen molar-refractivity contribution >= 4 is 5.82 Å². The molecule has 2 aromatic rings. The molecular formula is C13H12F3N3O. The van der Waals surface area contributed by atoms with Gasteiger partial charge in [-0.1, -0.05) is 18.2 Å². The van der Waals surface area contributed by atoms with Crippen LogP contribution in [0.1, 0.15) is 11.1 Å². The fourth-order valence-electron chi connectivity index (χ4n) is 1.81. The molecule has 0 saturated heterocycles. The van der Waals surface area contributed by atoms with E-state index in [1.54, 1.807) is 6.07 Å². The number of aromatic nitrogens is 2. The summed E-state index contributed by atoms with van der Waals surface area (Å²) in [5.74, 6) is 0.0944. The highest BCUT2D eigenvalue weighted by Crippen LogP contribution is 2.31. The highest BCUT2D eigenvalue weighted by atomic mass is 19.4. The van der Waals surface area contributed by atoms with Gasteiger partial charge < -0.3 is 10.3 Å². The minimum Gasteiger partial charge on any atom is -0.365 e. The summed E-state index contributed by atoms with van der Waals surface area (Å²) < 4.78 is 38.3. The fourth-order valence-corrected chi connectivity index (χ4v) is 1.81. The van der Waals surface area contributed by atoms with Crippen LogP contribution < -0.4 is 10.9 Å². The van der Waals surface area contributed by atoms with E-state index in [9.17, 15) is 18.0 Å². The molecule has 0 atom stereocenters. The first kappa shape index (κ1) is 14.1. The third kappa shape index (κ3) is 3.37. The molecule has 106 valence electrons. The zero-order valence-electron chi connectivity index (χ0n) is 10.4. The molecule has 1 aromatic carbocycles. The number of hydrogen-bond acceptors (Lipinski definition) is 3. The van der Waals surface area contributed by atoms with Gasteiger partial charge in [0, 0.05) is 18.9 Å². The van der Waals surface area contributed by atoms with Gasteiger partial charge in [0.2, 0.25) is 0 Å². The number of alkyl halides is 3. The number of anilines is 1. The Morgan fingerprint density at radius 1 is 1.25 bits per heavy atom. The number of nitrogens with zero attached hydrogens (tertiary/aromatic N) is 1. The molecule has 4 nitrogen and oxygen atoms in total. The second kappa shape index (κ2) is 5.77. The molecule has 2 rings (SSSR count). The van der Waals surface area contributed by atoms with Gasteiger partial charge in [0.1, 0.15) is 0 Å². The van der Waals surface area contributed by atoms with E-state index in [4.69, 9.17) is 0 Å². The van der Waals surface area contributed by atoms with E-state index in [1.165, 1.54) is 24.5 Å². The molecule has 0 bridgehead atoms. The van der Waals surface area contributed by atoms with Crippen LogP contribution >= 0.6 is 0 Å². The van der Waals surface area contributed by atoms with Crippen molar-refractivity contribution in [2.75, 3.05) is 11.9 Å². The van der Waals surface area contributed by atoms with Crippen LogP contribution in [0.15, 0.2) is 41.5 Å². The Kier molecular flexibility index (Phi) is 4.07. The van der Waals surface area contributed by atoms with Crippen LogP contribution in [0.3, 0.4) is 0 Å². The van der Waals surface area contributed by atoms with Crippen molar-refractivity contribution in [3.63, 3.8) is 0 Å². The van der Waals surface area contributed by atoms with Crippen LogP contribution in [0.25, 0.3) is 0 Å². The van der Waals surface area contributed by atoms with E-state index in [0.29, 0.717) is 0 Å². The zero-order valence-corrected chi connectivity index (χ0v) is 10.4. The molecule has 0 aliphatic heterocycles. The van der Waals surface area contributed by atoms with Crippen molar-refractivity contribution in [2.45, 2.75) is 12.6 Å². The first-order chi connectivity index (χ1) is 9.48. The van der Waals surface area contributed by atoms with E-state index >= 15 is 0 Å². The lowest BCUT2D eigenvalue weighted by Crippen LogP contribution is -2.18. The lowest BCUT2D eigenvalue weighted by molar-refractivity contribution is -0.138. The standard InChI is InChI=1S/C13H12F3N3O/c14-13(15,16)10-4-2-1-3-9(10)5-6-17-11-12(20)19-8-7-18-11/h1-4,7-8H,5-6H2,(H,17,18)(H,19,20). The highest BCUT2D eigenvalue weighted by molar-refractivity contribution is 5.33. The Bertz CT molecular complexity index is 637. The molecule has 1 heterocycles. The average molecular weight is 283 g/mol. The third-order valence-corrected chi connectivity index (χ3v) is 2.72. The molecule has 2 N–H and O–H groups in total. The van der Waals surface area contributed by atoms with E-state index in [2.05, 4.69) is 15.3 Å². The largest absolute Gasteiger partial charge is 0.416 e. The molecule has 0 unspecified atom stereocenters. The van der Waals surface area contributed by atoms with Gasteiger partial charge in [0.15, 0.2) is 5.82 Å². The molecule has 0 saturated carbocycles. The summed E-state index contributed by atoms with van der Waals surface area (Å²) >= 11 is 0. The summed E-state index contributed by atoms with van der Waals surface area (Å²) in [6, 6.07) is 5.37. The number of benzene rings is 1. The number of hydrogen-bond donors (Lipinski definition) is 2. The van der Waals surface area contributed by atoms with Gasteiger partial charge in [0.25, 0.3) is 5.56 Å². The van der Waals surface area contributed by atoms with Gasteiger partial charge in [-0.25, -0.2) is 4.98 Å². The van der Waals surface area contributed by atoms with Crippen molar-refractivity contribution in [2.24, 2.45) is 0 Å². The summed E-state index contributed by atoms with van der Waals surface area (Å²) in [7, 11) is 0. The van der Waals surface area contributed by atoms with E-state index in [0.717, 1.165) is 6.07 Å². The summed E-state index contributed by atoms with van der Waals surface area (Å²) in [5.41, 5.74) is -0.881. The molecule has 1 aromatic heterocycles. The monoisotopic (exact) mass is 283 g/mol. The number of H-pyrrole nitrogens is 1. The Morgan fingerprint density at radius 2 is 2.00 bits per heavy atom. The second-order valence-corrected chi connectivity index (χ2v) is 4.10. The molecule has 0 spiro atoms. The van der Waals surface area contributed by atoms with Crippen LogP contribution in [-0.4, -0.2) is 16.5 Å². The molecule has 0 aliphatic rings. The van der Waals surface area contributed by atoms with Crippen molar-refractivity contribution < 1.29 is 13.2 Å². The van der Waals surface area contributed by atoms with Gasteiger partial charge >= 0.3 is 6.18 Å². The summed E-state index contributed by atoms with van der Waals surface area (Å²) in [4.78, 5) is 17.6. The predicted molar refractivity (Wildman–Crippen MR) is 68.5 cm³/mol. The summed E-state index contributed by atoms with van der Waals surface area (Å²) in [6.45, 7) is 0.188. The maximum atomic E-state index is 12.8. The van der Waals surface area contributed by atoms with E-state index < -0.39 is 17.3 Å². The number of halogens is 3.